The first-order valence-electron chi connectivity index (χ1n) is 6.63. The zero-order chi connectivity index (χ0) is 14.4. The maximum atomic E-state index is 11.7. The Balaban J connectivity index is 1.95. The standard InChI is InChI=1S/C14H19N5O/c1-11(15)7-8-14(20)16-9-13-18-17-10-19(13)12-5-3-2-4-6-12/h2-6,10-11H,7-9,15H2,1H3,(H,16,20). The number of nitrogens with zero attached hydrogens (tertiary/aromatic N) is 3. The fourth-order valence-corrected chi connectivity index (χ4v) is 1.81. The van der Waals surface area contributed by atoms with E-state index in [0.29, 0.717) is 25.2 Å². The Kier molecular flexibility index (Phi) is 4.84. The number of nitrogens with two attached hydrogens (primary N) is 1. The number of hydrogen-bond donors (Lipinski definition) is 2. The molecule has 0 fully saturated rings. The van der Waals surface area contributed by atoms with Crippen LogP contribution in [0, 0.1) is 0 Å². The fourth-order valence-electron chi connectivity index (χ4n) is 1.81. The van der Waals surface area contributed by atoms with Gasteiger partial charge in [-0.25, -0.2) is 0 Å². The van der Waals surface area contributed by atoms with Crippen LogP contribution in [0.25, 0.3) is 5.69 Å². The topological polar surface area (TPSA) is 85.8 Å². The summed E-state index contributed by atoms with van der Waals surface area (Å²) in [6, 6.07) is 9.80. The Morgan fingerprint density at radius 1 is 1.40 bits per heavy atom. The van der Waals surface area contributed by atoms with Crippen LogP contribution in [0.1, 0.15) is 25.6 Å². The average molecular weight is 273 g/mol. The normalized spacial score (nSPS) is 12.1. The van der Waals surface area contributed by atoms with Gasteiger partial charge in [0, 0.05) is 18.2 Å². The van der Waals surface area contributed by atoms with Gasteiger partial charge in [-0.3, -0.25) is 9.36 Å². The number of rotatable bonds is 6. The number of aromatic nitrogens is 3. The van der Waals surface area contributed by atoms with E-state index in [1.807, 2.05) is 41.8 Å². The summed E-state index contributed by atoms with van der Waals surface area (Å²) in [5, 5.41) is 10.8. The van der Waals surface area contributed by atoms with Crippen molar-refractivity contribution in [2.75, 3.05) is 0 Å². The smallest absolute Gasteiger partial charge is 0.220 e. The lowest BCUT2D eigenvalue weighted by molar-refractivity contribution is -0.121. The molecule has 106 valence electrons. The zero-order valence-corrected chi connectivity index (χ0v) is 11.5. The molecule has 0 aliphatic carbocycles. The molecule has 6 nitrogen and oxygen atoms in total. The van der Waals surface area contributed by atoms with E-state index in [2.05, 4.69) is 15.5 Å². The lowest BCUT2D eigenvalue weighted by Gasteiger charge is -2.08. The summed E-state index contributed by atoms with van der Waals surface area (Å²) in [4.78, 5) is 11.7. The minimum absolute atomic E-state index is 0.0232. The van der Waals surface area contributed by atoms with Crippen molar-refractivity contribution in [2.24, 2.45) is 5.73 Å². The number of hydrogen-bond acceptors (Lipinski definition) is 4. The molecule has 2 rings (SSSR count). The van der Waals surface area contributed by atoms with E-state index in [0.717, 1.165) is 5.69 Å². The molecule has 0 saturated heterocycles. The second kappa shape index (κ2) is 6.81. The fraction of sp³-hybridized carbons (Fsp3) is 0.357. The number of nitrogens with one attached hydrogen (secondary N) is 1. The van der Waals surface area contributed by atoms with Crippen molar-refractivity contribution in [3.8, 4) is 5.69 Å². The maximum Gasteiger partial charge on any atom is 0.220 e. The average Bonchev–Trinajstić information content (AvgIpc) is 2.92. The van der Waals surface area contributed by atoms with E-state index < -0.39 is 0 Å². The molecule has 1 aromatic carbocycles. The van der Waals surface area contributed by atoms with Crippen molar-refractivity contribution in [1.82, 2.24) is 20.1 Å². The van der Waals surface area contributed by atoms with Crippen LogP contribution in [0.4, 0.5) is 0 Å². The molecule has 1 heterocycles. The third kappa shape index (κ3) is 3.89. The maximum absolute atomic E-state index is 11.7. The van der Waals surface area contributed by atoms with E-state index in [1.54, 1.807) is 6.33 Å². The molecule has 0 radical (unpaired) electrons. The van der Waals surface area contributed by atoms with Gasteiger partial charge in [-0.15, -0.1) is 10.2 Å². The molecular weight excluding hydrogens is 254 g/mol. The van der Waals surface area contributed by atoms with E-state index in [1.165, 1.54) is 0 Å². The summed E-state index contributed by atoms with van der Waals surface area (Å²) >= 11 is 0. The quantitative estimate of drug-likeness (QED) is 0.822. The van der Waals surface area contributed by atoms with Crippen LogP contribution < -0.4 is 11.1 Å². The molecule has 3 N–H and O–H groups in total. The summed E-state index contributed by atoms with van der Waals surface area (Å²) in [7, 11) is 0. The Hall–Kier alpha value is -2.21. The van der Waals surface area contributed by atoms with Gasteiger partial charge in [0.15, 0.2) is 5.82 Å². The molecule has 0 saturated carbocycles. The van der Waals surface area contributed by atoms with Gasteiger partial charge in [0.25, 0.3) is 0 Å². The molecule has 0 aliphatic heterocycles. The molecule has 0 bridgehead atoms. The summed E-state index contributed by atoms with van der Waals surface area (Å²) in [5.74, 6) is 0.676. The summed E-state index contributed by atoms with van der Waals surface area (Å²) in [6.07, 6.45) is 2.74. The van der Waals surface area contributed by atoms with Crippen LogP contribution in [-0.4, -0.2) is 26.7 Å². The van der Waals surface area contributed by atoms with Crippen LogP contribution in [0.3, 0.4) is 0 Å². The van der Waals surface area contributed by atoms with Crippen molar-refractivity contribution in [3.63, 3.8) is 0 Å². The molecule has 2 aromatic rings. The predicted octanol–water partition coefficient (Wildman–Crippen LogP) is 1.01. The van der Waals surface area contributed by atoms with E-state index >= 15 is 0 Å². The van der Waals surface area contributed by atoms with Gasteiger partial charge in [-0.2, -0.15) is 0 Å². The van der Waals surface area contributed by atoms with Crippen LogP contribution in [0.15, 0.2) is 36.7 Å². The molecule has 0 aliphatic rings. The SMILES string of the molecule is CC(N)CCC(=O)NCc1nncn1-c1ccccc1. The van der Waals surface area contributed by atoms with Crippen molar-refractivity contribution >= 4 is 5.91 Å². The van der Waals surface area contributed by atoms with Crippen molar-refractivity contribution in [3.05, 3.63) is 42.5 Å². The van der Waals surface area contributed by atoms with Gasteiger partial charge in [-0.1, -0.05) is 18.2 Å². The number of carbonyl (C=O) groups is 1. The lowest BCUT2D eigenvalue weighted by atomic mass is 10.2. The summed E-state index contributed by atoms with van der Waals surface area (Å²) in [6.45, 7) is 2.24. The first kappa shape index (κ1) is 14.2. The van der Waals surface area contributed by atoms with Gasteiger partial charge < -0.3 is 11.1 Å². The first-order chi connectivity index (χ1) is 9.66. The van der Waals surface area contributed by atoms with E-state index in [9.17, 15) is 4.79 Å². The summed E-state index contributed by atoms with van der Waals surface area (Å²) in [5.41, 5.74) is 6.59. The van der Waals surface area contributed by atoms with Gasteiger partial charge in [0.1, 0.15) is 6.33 Å². The molecular formula is C14H19N5O. The third-order valence-corrected chi connectivity index (χ3v) is 2.92. The zero-order valence-electron chi connectivity index (χ0n) is 11.5. The third-order valence-electron chi connectivity index (χ3n) is 2.92. The van der Waals surface area contributed by atoms with Crippen molar-refractivity contribution < 1.29 is 4.79 Å². The molecule has 1 aromatic heterocycles. The molecule has 0 spiro atoms. The van der Waals surface area contributed by atoms with Gasteiger partial charge in [0.2, 0.25) is 5.91 Å². The van der Waals surface area contributed by atoms with Crippen LogP contribution in [0.2, 0.25) is 0 Å². The van der Waals surface area contributed by atoms with Gasteiger partial charge in [-0.05, 0) is 25.5 Å². The minimum Gasteiger partial charge on any atom is -0.349 e. The lowest BCUT2D eigenvalue weighted by Crippen LogP contribution is -2.26. The Morgan fingerprint density at radius 2 is 2.15 bits per heavy atom. The van der Waals surface area contributed by atoms with Crippen LogP contribution >= 0.6 is 0 Å². The second-order valence-electron chi connectivity index (χ2n) is 4.75. The number of amides is 1. The Morgan fingerprint density at radius 3 is 2.85 bits per heavy atom. The predicted molar refractivity (Wildman–Crippen MR) is 76.1 cm³/mol. The van der Waals surface area contributed by atoms with Crippen LogP contribution in [-0.2, 0) is 11.3 Å². The molecule has 20 heavy (non-hydrogen) atoms. The van der Waals surface area contributed by atoms with E-state index in [-0.39, 0.29) is 11.9 Å². The highest BCUT2D eigenvalue weighted by Gasteiger charge is 2.08. The van der Waals surface area contributed by atoms with Crippen molar-refractivity contribution in [1.29, 1.82) is 0 Å². The highest BCUT2D eigenvalue weighted by Crippen LogP contribution is 2.08. The Labute approximate surface area is 118 Å². The van der Waals surface area contributed by atoms with E-state index in [4.69, 9.17) is 5.73 Å². The Bertz CT molecular complexity index is 550. The number of benzene rings is 1. The first-order valence-corrected chi connectivity index (χ1v) is 6.63. The molecule has 1 atom stereocenters. The van der Waals surface area contributed by atoms with Gasteiger partial charge >= 0.3 is 0 Å². The summed E-state index contributed by atoms with van der Waals surface area (Å²) < 4.78 is 1.85. The largest absolute Gasteiger partial charge is 0.349 e. The molecule has 6 heteroatoms. The number of para-hydroxylation sites is 1. The van der Waals surface area contributed by atoms with Gasteiger partial charge in [0.05, 0.1) is 6.54 Å². The molecule has 1 amide bonds. The monoisotopic (exact) mass is 273 g/mol. The number of carbonyl (C=O) groups excluding carboxylic acids is 1. The minimum atomic E-state index is -0.0232. The molecule has 1 unspecified atom stereocenters. The highest BCUT2D eigenvalue weighted by molar-refractivity contribution is 5.75. The van der Waals surface area contributed by atoms with Crippen LogP contribution in [0.5, 0.6) is 0 Å². The van der Waals surface area contributed by atoms with Crippen molar-refractivity contribution in [2.45, 2.75) is 32.4 Å². The highest BCUT2D eigenvalue weighted by atomic mass is 16.1. The second-order valence-corrected chi connectivity index (χ2v) is 4.75.